The van der Waals surface area contributed by atoms with E-state index in [1.54, 1.807) is 6.92 Å². The molecule has 0 amide bonds. The molecule has 2 aromatic rings. The standard InChI is InChI=1S/C18H30N6O2S/c1-5-26-10-7-9-19-17(20-12-16-23-22-14(2)24(16)4)21-13-18(3,25)15-8-6-11-27-15/h6,8,11,25H,5,7,9-10,12-13H2,1-4H3,(H2,19,20,21). The van der Waals surface area contributed by atoms with E-state index >= 15 is 0 Å². The van der Waals surface area contributed by atoms with Crippen LogP contribution in [0.5, 0.6) is 0 Å². The Morgan fingerprint density at radius 1 is 1.41 bits per heavy atom. The van der Waals surface area contributed by atoms with Gasteiger partial charge in [-0.05, 0) is 38.6 Å². The molecule has 27 heavy (non-hydrogen) atoms. The Morgan fingerprint density at radius 2 is 2.22 bits per heavy atom. The molecule has 0 radical (unpaired) electrons. The van der Waals surface area contributed by atoms with Gasteiger partial charge < -0.3 is 25.0 Å². The van der Waals surface area contributed by atoms with E-state index in [1.807, 2.05) is 43.0 Å². The summed E-state index contributed by atoms with van der Waals surface area (Å²) in [5.41, 5.74) is -0.969. The van der Waals surface area contributed by atoms with Crippen molar-refractivity contribution in [2.45, 2.75) is 39.3 Å². The van der Waals surface area contributed by atoms with Crippen LogP contribution in [-0.4, -0.2) is 52.1 Å². The summed E-state index contributed by atoms with van der Waals surface area (Å²) >= 11 is 1.54. The number of nitrogens with one attached hydrogen (secondary N) is 2. The zero-order valence-electron chi connectivity index (χ0n) is 16.5. The molecule has 2 heterocycles. The molecule has 0 spiro atoms. The molecule has 2 rings (SSSR count). The van der Waals surface area contributed by atoms with Gasteiger partial charge in [-0.3, -0.25) is 0 Å². The average molecular weight is 395 g/mol. The number of aryl methyl sites for hydroxylation is 1. The van der Waals surface area contributed by atoms with E-state index in [9.17, 15) is 5.11 Å². The van der Waals surface area contributed by atoms with Gasteiger partial charge in [0.05, 0.1) is 6.54 Å². The molecule has 0 aliphatic rings. The van der Waals surface area contributed by atoms with Crippen LogP contribution in [-0.2, 0) is 23.9 Å². The lowest BCUT2D eigenvalue weighted by Gasteiger charge is -2.24. The van der Waals surface area contributed by atoms with Gasteiger partial charge in [0.2, 0.25) is 0 Å². The summed E-state index contributed by atoms with van der Waals surface area (Å²) in [5, 5.41) is 27.4. The van der Waals surface area contributed by atoms with E-state index in [2.05, 4.69) is 25.8 Å². The average Bonchev–Trinajstić information content (AvgIpc) is 3.29. The van der Waals surface area contributed by atoms with E-state index in [0.717, 1.165) is 29.5 Å². The fraction of sp³-hybridized carbons (Fsp3) is 0.611. The maximum absolute atomic E-state index is 10.7. The topological polar surface area (TPSA) is 96.6 Å². The number of thiophene rings is 1. The maximum atomic E-state index is 10.7. The minimum atomic E-state index is -0.969. The number of hydrogen-bond donors (Lipinski definition) is 3. The van der Waals surface area contributed by atoms with Gasteiger partial charge in [0.1, 0.15) is 18.0 Å². The van der Waals surface area contributed by atoms with Crippen LogP contribution in [0.3, 0.4) is 0 Å². The molecule has 8 nitrogen and oxygen atoms in total. The predicted octanol–water partition coefficient (Wildman–Crippen LogP) is 1.55. The Morgan fingerprint density at radius 3 is 2.85 bits per heavy atom. The van der Waals surface area contributed by atoms with Crippen molar-refractivity contribution in [2.75, 3.05) is 26.3 Å². The van der Waals surface area contributed by atoms with Gasteiger partial charge >= 0.3 is 0 Å². The van der Waals surface area contributed by atoms with Crippen LogP contribution in [0, 0.1) is 6.92 Å². The number of aliphatic hydroxyl groups is 1. The molecule has 1 unspecified atom stereocenters. The molecular weight excluding hydrogens is 364 g/mol. The summed E-state index contributed by atoms with van der Waals surface area (Å²) in [7, 11) is 1.92. The summed E-state index contributed by atoms with van der Waals surface area (Å²) in [6, 6.07) is 3.87. The van der Waals surface area contributed by atoms with Crippen LogP contribution in [0.15, 0.2) is 22.5 Å². The number of rotatable bonds is 10. The summed E-state index contributed by atoms with van der Waals surface area (Å²) < 4.78 is 7.28. The fourth-order valence-electron chi connectivity index (χ4n) is 2.37. The molecule has 0 aliphatic heterocycles. The lowest BCUT2D eigenvalue weighted by atomic mass is 10.1. The van der Waals surface area contributed by atoms with Crippen molar-refractivity contribution >= 4 is 17.3 Å². The molecule has 0 bridgehead atoms. The molecule has 1 atom stereocenters. The summed E-state index contributed by atoms with van der Waals surface area (Å²) in [6.07, 6.45) is 0.874. The van der Waals surface area contributed by atoms with Gasteiger partial charge in [0.25, 0.3) is 0 Å². The Bertz CT molecular complexity index is 712. The normalized spacial score (nSPS) is 14.2. The quantitative estimate of drug-likeness (QED) is 0.321. The second-order valence-corrected chi connectivity index (χ2v) is 7.42. The highest BCUT2D eigenvalue weighted by molar-refractivity contribution is 7.10. The molecule has 0 saturated heterocycles. The van der Waals surface area contributed by atoms with E-state index in [4.69, 9.17) is 4.74 Å². The summed E-state index contributed by atoms with van der Waals surface area (Å²) in [6.45, 7) is 8.58. The molecule has 0 aromatic carbocycles. The van der Waals surface area contributed by atoms with Gasteiger partial charge in [0, 0.05) is 31.7 Å². The van der Waals surface area contributed by atoms with Gasteiger partial charge in [0.15, 0.2) is 11.8 Å². The minimum Gasteiger partial charge on any atom is -0.383 e. The zero-order chi connectivity index (χ0) is 19.7. The Kier molecular flexibility index (Phi) is 8.21. The van der Waals surface area contributed by atoms with E-state index in [-0.39, 0.29) is 0 Å². The van der Waals surface area contributed by atoms with Crippen molar-refractivity contribution in [1.82, 2.24) is 25.4 Å². The summed E-state index contributed by atoms with van der Waals surface area (Å²) in [4.78, 5) is 5.50. The highest BCUT2D eigenvalue weighted by atomic mass is 32.1. The molecule has 150 valence electrons. The number of aromatic nitrogens is 3. The molecule has 9 heteroatoms. The van der Waals surface area contributed by atoms with Crippen LogP contribution in [0.1, 0.15) is 36.8 Å². The van der Waals surface area contributed by atoms with Gasteiger partial charge in [-0.2, -0.15) is 0 Å². The molecule has 0 fully saturated rings. The van der Waals surface area contributed by atoms with Gasteiger partial charge in [-0.15, -0.1) is 21.5 Å². The Hall–Kier alpha value is -1.97. The third kappa shape index (κ3) is 6.60. The predicted molar refractivity (Wildman–Crippen MR) is 108 cm³/mol. The first-order valence-electron chi connectivity index (χ1n) is 9.15. The summed E-state index contributed by atoms with van der Waals surface area (Å²) in [5.74, 6) is 2.26. The van der Waals surface area contributed by atoms with Crippen LogP contribution >= 0.6 is 11.3 Å². The molecule has 3 N–H and O–H groups in total. The molecule has 0 aliphatic carbocycles. The number of nitrogens with zero attached hydrogens (tertiary/aromatic N) is 4. The third-order valence-electron chi connectivity index (χ3n) is 4.18. The first-order chi connectivity index (χ1) is 12.9. The van der Waals surface area contributed by atoms with Crippen LogP contribution in [0.25, 0.3) is 0 Å². The minimum absolute atomic E-state index is 0.350. The fourth-order valence-corrected chi connectivity index (χ4v) is 3.15. The van der Waals surface area contributed by atoms with Crippen molar-refractivity contribution < 1.29 is 9.84 Å². The van der Waals surface area contributed by atoms with Crippen LogP contribution < -0.4 is 10.6 Å². The maximum Gasteiger partial charge on any atom is 0.191 e. The molecular formula is C18H30N6O2S. The Labute approximate surface area is 164 Å². The van der Waals surface area contributed by atoms with E-state index in [0.29, 0.717) is 32.3 Å². The van der Waals surface area contributed by atoms with E-state index in [1.165, 1.54) is 11.3 Å². The van der Waals surface area contributed by atoms with Crippen molar-refractivity contribution in [3.63, 3.8) is 0 Å². The second kappa shape index (κ2) is 10.4. The van der Waals surface area contributed by atoms with Gasteiger partial charge in [-0.25, -0.2) is 4.99 Å². The smallest absolute Gasteiger partial charge is 0.191 e. The number of guanidine groups is 1. The lowest BCUT2D eigenvalue weighted by Crippen LogP contribution is -2.44. The van der Waals surface area contributed by atoms with Crippen molar-refractivity contribution in [3.8, 4) is 0 Å². The monoisotopic (exact) mass is 394 g/mol. The highest BCUT2D eigenvalue weighted by Crippen LogP contribution is 2.24. The first-order valence-corrected chi connectivity index (χ1v) is 10.0. The Balaban J connectivity index is 1.97. The van der Waals surface area contributed by atoms with Crippen molar-refractivity contribution in [3.05, 3.63) is 34.0 Å². The molecule has 2 aromatic heterocycles. The third-order valence-corrected chi connectivity index (χ3v) is 5.30. The number of ether oxygens (including phenoxy) is 1. The number of hydrogen-bond acceptors (Lipinski definition) is 6. The lowest BCUT2D eigenvalue weighted by molar-refractivity contribution is 0.0655. The second-order valence-electron chi connectivity index (χ2n) is 6.47. The zero-order valence-corrected chi connectivity index (χ0v) is 17.3. The van der Waals surface area contributed by atoms with Crippen molar-refractivity contribution in [2.24, 2.45) is 12.0 Å². The van der Waals surface area contributed by atoms with Gasteiger partial charge in [-0.1, -0.05) is 6.07 Å². The first kappa shape index (κ1) is 21.3. The SMILES string of the molecule is CCOCCCNC(=NCc1nnc(C)n1C)NCC(C)(O)c1cccs1. The van der Waals surface area contributed by atoms with Crippen molar-refractivity contribution in [1.29, 1.82) is 0 Å². The highest BCUT2D eigenvalue weighted by Gasteiger charge is 2.24. The number of aliphatic imine (C=N–C) groups is 1. The largest absolute Gasteiger partial charge is 0.383 e. The van der Waals surface area contributed by atoms with E-state index < -0.39 is 5.60 Å². The van der Waals surface area contributed by atoms with Crippen LogP contribution in [0.2, 0.25) is 0 Å². The molecule has 0 saturated carbocycles. The van der Waals surface area contributed by atoms with Crippen LogP contribution in [0.4, 0.5) is 0 Å².